The van der Waals surface area contributed by atoms with Crippen LogP contribution in [-0.4, -0.2) is 57.6 Å². The molecule has 178 valence electrons. The topological polar surface area (TPSA) is 138 Å². The molecule has 0 radical (unpaired) electrons. The number of H-pyrrole nitrogens is 1. The number of hydrogen-bond donors (Lipinski definition) is 4. The Bertz CT molecular complexity index is 939. The molecule has 2 saturated carbocycles. The van der Waals surface area contributed by atoms with Crippen molar-refractivity contribution < 1.29 is 24.2 Å². The number of aromatic amines is 1. The molecule has 0 bridgehead atoms. The minimum absolute atomic E-state index is 0.0746. The fourth-order valence-electron chi connectivity index (χ4n) is 4.52. The highest BCUT2D eigenvalue weighted by Gasteiger charge is 2.31. The van der Waals surface area contributed by atoms with Crippen molar-refractivity contribution in [3.05, 3.63) is 35.7 Å². The van der Waals surface area contributed by atoms with Gasteiger partial charge in [0.1, 0.15) is 6.10 Å². The van der Waals surface area contributed by atoms with Crippen LogP contribution in [0.4, 0.5) is 10.6 Å². The van der Waals surface area contributed by atoms with Gasteiger partial charge in [-0.3, -0.25) is 9.89 Å². The van der Waals surface area contributed by atoms with E-state index in [1.807, 2.05) is 6.07 Å². The van der Waals surface area contributed by atoms with Crippen molar-refractivity contribution >= 4 is 17.8 Å². The van der Waals surface area contributed by atoms with Gasteiger partial charge in [0.05, 0.1) is 19.6 Å². The van der Waals surface area contributed by atoms with Gasteiger partial charge < -0.3 is 25.2 Å². The molecule has 33 heavy (non-hydrogen) atoms. The van der Waals surface area contributed by atoms with Crippen LogP contribution in [0.15, 0.2) is 24.4 Å². The number of alkyl carbamates (subject to hydrolysis) is 1. The van der Waals surface area contributed by atoms with Gasteiger partial charge in [-0.25, -0.2) is 9.78 Å². The summed E-state index contributed by atoms with van der Waals surface area (Å²) in [5, 5.41) is 22.5. The van der Waals surface area contributed by atoms with Crippen LogP contribution in [0.2, 0.25) is 0 Å². The van der Waals surface area contributed by atoms with Crippen LogP contribution >= 0.6 is 0 Å². The molecule has 0 saturated heterocycles. The van der Waals surface area contributed by atoms with Crippen LogP contribution in [0.1, 0.15) is 62.1 Å². The molecule has 2 aromatic rings. The summed E-state index contributed by atoms with van der Waals surface area (Å²) in [6.45, 7) is 0. The first-order valence-corrected chi connectivity index (χ1v) is 11.5. The van der Waals surface area contributed by atoms with Gasteiger partial charge in [-0.2, -0.15) is 5.10 Å². The SMILES string of the molecule is COc1ccc(CC(=O)Nc2cc([C@@H]3CCC(OC(=O)NC4CCC(O)CC4)C3)[nH]n2)cn1. The molecule has 0 aliphatic heterocycles. The fourth-order valence-corrected chi connectivity index (χ4v) is 4.52. The van der Waals surface area contributed by atoms with Crippen LogP contribution in [-0.2, 0) is 16.0 Å². The lowest BCUT2D eigenvalue weighted by Gasteiger charge is -2.26. The zero-order chi connectivity index (χ0) is 23.2. The number of nitrogens with zero attached hydrogens (tertiary/aromatic N) is 2. The van der Waals surface area contributed by atoms with Crippen molar-refractivity contribution in [1.82, 2.24) is 20.5 Å². The van der Waals surface area contributed by atoms with Gasteiger partial charge in [0, 0.05) is 36.0 Å². The van der Waals surface area contributed by atoms with E-state index < -0.39 is 0 Å². The summed E-state index contributed by atoms with van der Waals surface area (Å²) in [6, 6.07) is 5.43. The Balaban J connectivity index is 1.21. The molecule has 2 heterocycles. The summed E-state index contributed by atoms with van der Waals surface area (Å²) in [5.41, 5.74) is 1.70. The summed E-state index contributed by atoms with van der Waals surface area (Å²) in [7, 11) is 1.54. The van der Waals surface area contributed by atoms with E-state index in [0.717, 1.165) is 36.9 Å². The number of hydrogen-bond acceptors (Lipinski definition) is 7. The van der Waals surface area contributed by atoms with E-state index in [0.29, 0.717) is 31.0 Å². The summed E-state index contributed by atoms with van der Waals surface area (Å²) < 4.78 is 10.6. The van der Waals surface area contributed by atoms with Crippen molar-refractivity contribution in [1.29, 1.82) is 0 Å². The van der Waals surface area contributed by atoms with Crippen molar-refractivity contribution in [3.8, 4) is 5.88 Å². The van der Waals surface area contributed by atoms with E-state index in [9.17, 15) is 14.7 Å². The van der Waals surface area contributed by atoms with Gasteiger partial charge >= 0.3 is 6.09 Å². The smallest absolute Gasteiger partial charge is 0.407 e. The number of nitrogens with one attached hydrogen (secondary N) is 3. The van der Waals surface area contributed by atoms with Crippen molar-refractivity contribution in [2.24, 2.45) is 0 Å². The first kappa shape index (κ1) is 23.0. The minimum atomic E-state index is -0.382. The standard InChI is InChI=1S/C23H31N5O5/c1-32-22-9-2-14(13-24-22)10-21(30)26-20-12-19(27-28-20)15-3-8-18(11-15)33-23(31)25-16-4-6-17(29)7-5-16/h2,9,12-13,15-18,29H,3-8,10-11H2,1H3,(H,25,31)(H2,26,27,28,30)/t15-,16?,17?,18?/m1/s1. The highest BCUT2D eigenvalue weighted by atomic mass is 16.6. The number of amides is 2. The molecule has 2 amide bonds. The lowest BCUT2D eigenvalue weighted by Crippen LogP contribution is -2.40. The van der Waals surface area contributed by atoms with Crippen LogP contribution in [0.5, 0.6) is 5.88 Å². The molecule has 0 aromatic carbocycles. The Labute approximate surface area is 192 Å². The first-order valence-electron chi connectivity index (χ1n) is 11.5. The van der Waals surface area contributed by atoms with Crippen LogP contribution in [0.25, 0.3) is 0 Å². The molecule has 0 spiro atoms. The summed E-state index contributed by atoms with van der Waals surface area (Å²) in [5.74, 6) is 0.982. The third-order valence-corrected chi connectivity index (χ3v) is 6.35. The summed E-state index contributed by atoms with van der Waals surface area (Å²) in [4.78, 5) is 28.7. The zero-order valence-corrected chi connectivity index (χ0v) is 18.8. The van der Waals surface area contributed by atoms with Gasteiger partial charge in [0.15, 0.2) is 5.82 Å². The molecule has 2 atom stereocenters. The largest absolute Gasteiger partial charge is 0.481 e. The third-order valence-electron chi connectivity index (χ3n) is 6.35. The monoisotopic (exact) mass is 457 g/mol. The van der Waals surface area contributed by atoms with Crippen LogP contribution in [0, 0.1) is 0 Å². The fraction of sp³-hybridized carbons (Fsp3) is 0.565. The third kappa shape index (κ3) is 6.44. The molecular formula is C23H31N5O5. The number of carbonyl (C=O) groups excluding carboxylic acids is 2. The molecule has 1 unspecified atom stereocenters. The molecule has 2 aliphatic rings. The Kier molecular flexibility index (Phi) is 7.43. The second-order valence-corrected chi connectivity index (χ2v) is 8.83. The van der Waals surface area contributed by atoms with Crippen molar-refractivity contribution in [2.45, 2.75) is 75.5 Å². The number of rotatable bonds is 7. The predicted molar refractivity (Wildman–Crippen MR) is 120 cm³/mol. The number of carbonyl (C=O) groups is 2. The molecule has 2 aromatic heterocycles. The van der Waals surface area contributed by atoms with Crippen molar-refractivity contribution in [3.63, 3.8) is 0 Å². The summed E-state index contributed by atoms with van der Waals surface area (Å²) in [6.07, 6.45) is 6.38. The molecule has 2 fully saturated rings. The second-order valence-electron chi connectivity index (χ2n) is 8.83. The lowest BCUT2D eigenvalue weighted by molar-refractivity contribution is -0.115. The Hall–Kier alpha value is -3.14. The van der Waals surface area contributed by atoms with Crippen molar-refractivity contribution in [2.75, 3.05) is 12.4 Å². The maximum Gasteiger partial charge on any atom is 0.407 e. The van der Waals surface area contributed by atoms with Crippen LogP contribution in [0.3, 0.4) is 0 Å². The normalized spacial score (nSPS) is 24.8. The number of ether oxygens (including phenoxy) is 2. The van der Waals surface area contributed by atoms with E-state index in [2.05, 4.69) is 25.8 Å². The average molecular weight is 458 g/mol. The Morgan fingerprint density at radius 2 is 2.00 bits per heavy atom. The molecule has 4 rings (SSSR count). The summed E-state index contributed by atoms with van der Waals surface area (Å²) >= 11 is 0. The van der Waals surface area contributed by atoms with Gasteiger partial charge in [0.2, 0.25) is 11.8 Å². The highest BCUT2D eigenvalue weighted by Crippen LogP contribution is 2.36. The number of aromatic nitrogens is 3. The number of aliphatic hydroxyl groups excluding tert-OH is 1. The lowest BCUT2D eigenvalue weighted by atomic mass is 9.93. The maximum atomic E-state index is 12.3. The van der Waals surface area contributed by atoms with E-state index in [1.165, 1.54) is 0 Å². The van der Waals surface area contributed by atoms with Gasteiger partial charge in [-0.1, -0.05) is 6.07 Å². The molecular weight excluding hydrogens is 426 g/mol. The van der Waals surface area contributed by atoms with E-state index in [-0.39, 0.29) is 42.6 Å². The molecule has 10 heteroatoms. The Morgan fingerprint density at radius 1 is 1.18 bits per heavy atom. The Morgan fingerprint density at radius 3 is 2.73 bits per heavy atom. The van der Waals surface area contributed by atoms with Gasteiger partial charge in [0.25, 0.3) is 0 Å². The van der Waals surface area contributed by atoms with Gasteiger partial charge in [-0.15, -0.1) is 0 Å². The highest BCUT2D eigenvalue weighted by molar-refractivity contribution is 5.91. The number of aliphatic hydroxyl groups is 1. The first-order chi connectivity index (χ1) is 16.0. The van der Waals surface area contributed by atoms with Crippen LogP contribution < -0.4 is 15.4 Å². The minimum Gasteiger partial charge on any atom is -0.481 e. The van der Waals surface area contributed by atoms with E-state index in [4.69, 9.17) is 9.47 Å². The second kappa shape index (κ2) is 10.7. The predicted octanol–water partition coefficient (Wildman–Crippen LogP) is 2.66. The van der Waals surface area contributed by atoms with E-state index in [1.54, 1.807) is 25.4 Å². The van der Waals surface area contributed by atoms with E-state index >= 15 is 0 Å². The quantitative estimate of drug-likeness (QED) is 0.501. The maximum absolute atomic E-state index is 12.3. The molecule has 10 nitrogen and oxygen atoms in total. The average Bonchev–Trinajstić information content (AvgIpc) is 3.45. The number of pyridine rings is 1. The number of anilines is 1. The molecule has 4 N–H and O–H groups in total. The zero-order valence-electron chi connectivity index (χ0n) is 18.8. The van der Waals surface area contributed by atoms with Gasteiger partial charge in [-0.05, 0) is 50.5 Å². The molecule has 2 aliphatic carbocycles. The number of methoxy groups -OCH3 is 1.